The summed E-state index contributed by atoms with van der Waals surface area (Å²) in [5.74, 6) is -2.78. The van der Waals surface area contributed by atoms with Gasteiger partial charge in [-0.25, -0.2) is 14.3 Å². The highest BCUT2D eigenvalue weighted by Crippen LogP contribution is 2.07. The summed E-state index contributed by atoms with van der Waals surface area (Å²) in [7, 11) is 0. The van der Waals surface area contributed by atoms with Gasteiger partial charge in [0, 0.05) is 25.7 Å². The van der Waals surface area contributed by atoms with Gasteiger partial charge in [-0.2, -0.15) is 4.57 Å². The monoisotopic (exact) mass is 620 g/mol. The molecule has 14 nitrogen and oxygen atoms in total. The number of amides is 3. The Morgan fingerprint density at radius 3 is 2.27 bits per heavy atom. The van der Waals surface area contributed by atoms with Crippen molar-refractivity contribution in [3.8, 4) is 0 Å². The Kier molecular flexibility index (Phi) is 12.2. The van der Waals surface area contributed by atoms with Crippen LogP contribution in [0.2, 0.25) is 0 Å². The van der Waals surface area contributed by atoms with E-state index >= 15 is 0 Å². The Labute approximate surface area is 249 Å². The van der Waals surface area contributed by atoms with Crippen LogP contribution in [0, 0.1) is 0 Å². The Morgan fingerprint density at radius 2 is 1.66 bits per heavy atom. The number of halogens is 3. The lowest BCUT2D eigenvalue weighted by Crippen LogP contribution is -2.46. The van der Waals surface area contributed by atoms with E-state index < -0.39 is 36.5 Å². The van der Waals surface area contributed by atoms with E-state index in [9.17, 15) is 32.1 Å². The zero-order chi connectivity index (χ0) is 32.1. The number of nitrogens with one attached hydrogen (secondary N) is 3. The van der Waals surface area contributed by atoms with Crippen molar-refractivity contribution in [1.29, 1.82) is 0 Å². The summed E-state index contributed by atoms with van der Waals surface area (Å²) < 4.78 is 41.5. The summed E-state index contributed by atoms with van der Waals surface area (Å²) in [5.41, 5.74) is 0.862. The standard InChI is InChI=1S/C26H32BF3N8O6/c28-27(29,30)19-8-12-37(13-9-19)15-21-17-38(36-35-21)16-20-5-4-18(14-33-20)24(41)31-10-2-1-3-11-32-26(44)34-22(25(42)43)6-7-23(39)40/h4-5,8-9,12-14,17,22H,1-3,6-7,10-11,15-16H2,(H,31,41)(H,39,40)(H,42,43)(H2,32,34,44)/t22-/m0/s1. The first-order valence-electron chi connectivity index (χ1n) is 13.7. The number of aromatic nitrogens is 5. The Balaban J connectivity index is 1.32. The van der Waals surface area contributed by atoms with Gasteiger partial charge in [-0.1, -0.05) is 10.7 Å². The number of aliphatic carboxylic acids is 2. The number of carboxylic acids is 2. The molecule has 0 fully saturated rings. The number of unbranched alkanes of at least 4 members (excludes halogenated alkanes) is 2. The van der Waals surface area contributed by atoms with Crippen molar-refractivity contribution in [3.05, 3.63) is 66.0 Å². The molecule has 3 rings (SSSR count). The topological polar surface area (TPSA) is 192 Å². The minimum absolute atomic E-state index is 0.227. The summed E-state index contributed by atoms with van der Waals surface area (Å²) in [5, 5.41) is 33.3. The van der Waals surface area contributed by atoms with Gasteiger partial charge in [0.05, 0.1) is 24.0 Å². The molecule has 0 saturated heterocycles. The first kappa shape index (κ1) is 33.5. The largest absolute Gasteiger partial charge is 0.510 e. The molecule has 0 aliphatic rings. The van der Waals surface area contributed by atoms with Crippen molar-refractivity contribution < 1.29 is 46.9 Å². The van der Waals surface area contributed by atoms with Gasteiger partial charge in [0.1, 0.15) is 11.7 Å². The molecule has 0 unspecified atom stereocenters. The van der Waals surface area contributed by atoms with E-state index in [1.807, 2.05) is 0 Å². The highest BCUT2D eigenvalue weighted by atomic mass is 19.4. The predicted molar refractivity (Wildman–Crippen MR) is 149 cm³/mol. The summed E-state index contributed by atoms with van der Waals surface area (Å²) in [6, 6.07) is 3.34. The van der Waals surface area contributed by atoms with Gasteiger partial charge in [0.25, 0.3) is 5.91 Å². The van der Waals surface area contributed by atoms with E-state index in [1.165, 1.54) is 23.3 Å². The third kappa shape index (κ3) is 11.3. The van der Waals surface area contributed by atoms with Crippen LogP contribution in [0.3, 0.4) is 0 Å². The van der Waals surface area contributed by atoms with E-state index in [1.54, 1.807) is 22.9 Å². The quantitative estimate of drug-likeness (QED) is 0.0818. The number of rotatable bonds is 17. The summed E-state index contributed by atoms with van der Waals surface area (Å²) in [6.07, 6.45) is 7.06. The molecule has 3 aromatic rings. The fraction of sp³-hybridized carbons (Fsp3) is 0.385. The lowest BCUT2D eigenvalue weighted by molar-refractivity contribution is -0.688. The predicted octanol–water partition coefficient (Wildman–Crippen LogP) is 0.629. The third-order valence-corrected chi connectivity index (χ3v) is 6.31. The first-order chi connectivity index (χ1) is 20.9. The molecule has 0 bridgehead atoms. The van der Waals surface area contributed by atoms with Crippen LogP contribution in [-0.4, -0.2) is 80.2 Å². The van der Waals surface area contributed by atoms with Gasteiger partial charge in [-0.05, 0) is 49.9 Å². The van der Waals surface area contributed by atoms with Gasteiger partial charge < -0.3 is 39.1 Å². The Morgan fingerprint density at radius 1 is 0.955 bits per heavy atom. The molecule has 44 heavy (non-hydrogen) atoms. The Hall–Kier alpha value is -5.03. The summed E-state index contributed by atoms with van der Waals surface area (Å²) in [4.78, 5) is 50.2. The number of carbonyl (C=O) groups excluding carboxylic acids is 2. The number of nitrogens with zero attached hydrogens (tertiary/aromatic N) is 5. The number of urea groups is 1. The molecule has 5 N–H and O–H groups in total. The van der Waals surface area contributed by atoms with E-state index in [-0.39, 0.29) is 38.4 Å². The number of carbonyl (C=O) groups is 4. The third-order valence-electron chi connectivity index (χ3n) is 6.31. The van der Waals surface area contributed by atoms with Crippen molar-refractivity contribution >= 4 is 36.3 Å². The Bertz CT molecular complexity index is 1420. The van der Waals surface area contributed by atoms with Gasteiger partial charge in [-0.15, -0.1) is 5.10 Å². The molecule has 1 atom stereocenters. The molecule has 0 saturated carbocycles. The lowest BCUT2D eigenvalue weighted by atomic mass is 9.81. The molecule has 236 valence electrons. The molecule has 18 heteroatoms. The SMILES string of the molecule is O=C(O)CC[C@H](NC(=O)NCCCCCNC(=O)c1ccc(Cn2cc(C[n+]3ccc([B-](F)(F)F)cc3)nn2)nc1)C(=O)O. The lowest BCUT2D eigenvalue weighted by Gasteiger charge is -2.14. The average molecular weight is 620 g/mol. The second kappa shape index (κ2) is 16.0. The zero-order valence-electron chi connectivity index (χ0n) is 23.5. The molecule has 3 heterocycles. The molecule has 0 aliphatic heterocycles. The molecule has 0 aliphatic carbocycles. The molecular formula is C26H32BF3N8O6. The van der Waals surface area contributed by atoms with E-state index in [4.69, 9.17) is 10.2 Å². The second-order valence-electron chi connectivity index (χ2n) is 9.86. The minimum atomic E-state index is -5.05. The molecule has 0 aromatic carbocycles. The molecule has 0 spiro atoms. The van der Waals surface area contributed by atoms with Gasteiger partial charge >= 0.3 is 24.9 Å². The maximum atomic E-state index is 12.8. The number of hydrogen-bond donors (Lipinski definition) is 5. The molecule has 3 amide bonds. The number of carboxylic acid groups (broad SMARTS) is 2. The fourth-order valence-electron chi connectivity index (χ4n) is 3.95. The molecular weight excluding hydrogens is 588 g/mol. The zero-order valence-corrected chi connectivity index (χ0v) is 23.5. The van der Waals surface area contributed by atoms with Crippen molar-refractivity contribution in [3.63, 3.8) is 0 Å². The number of pyridine rings is 2. The summed E-state index contributed by atoms with van der Waals surface area (Å²) >= 11 is 0. The second-order valence-corrected chi connectivity index (χ2v) is 9.86. The van der Waals surface area contributed by atoms with Crippen LogP contribution in [0.25, 0.3) is 0 Å². The minimum Gasteiger partial charge on any atom is -0.481 e. The van der Waals surface area contributed by atoms with Crippen LogP contribution in [0.1, 0.15) is 53.8 Å². The van der Waals surface area contributed by atoms with Crippen LogP contribution >= 0.6 is 0 Å². The van der Waals surface area contributed by atoms with Gasteiger partial charge in [0.15, 0.2) is 18.9 Å². The highest BCUT2D eigenvalue weighted by molar-refractivity contribution is 6.73. The van der Waals surface area contributed by atoms with Crippen molar-refractivity contribution in [1.82, 2.24) is 35.9 Å². The average Bonchev–Trinajstić information content (AvgIpc) is 3.40. The van der Waals surface area contributed by atoms with E-state index in [0.29, 0.717) is 42.8 Å². The van der Waals surface area contributed by atoms with E-state index in [0.717, 1.165) is 12.1 Å². The highest BCUT2D eigenvalue weighted by Gasteiger charge is 2.26. The van der Waals surface area contributed by atoms with Gasteiger partial charge in [-0.3, -0.25) is 14.6 Å². The number of hydrogen-bond acceptors (Lipinski definition) is 7. The van der Waals surface area contributed by atoms with E-state index in [2.05, 4.69) is 31.2 Å². The molecule has 0 radical (unpaired) electrons. The van der Waals surface area contributed by atoms with Crippen LogP contribution < -0.4 is 26.0 Å². The van der Waals surface area contributed by atoms with Crippen molar-refractivity contribution in [2.45, 2.75) is 51.2 Å². The van der Waals surface area contributed by atoms with Crippen LogP contribution in [0.4, 0.5) is 17.7 Å². The summed E-state index contributed by atoms with van der Waals surface area (Å²) in [6.45, 7) is -3.86. The van der Waals surface area contributed by atoms with Crippen molar-refractivity contribution in [2.75, 3.05) is 13.1 Å². The van der Waals surface area contributed by atoms with Crippen LogP contribution in [0.15, 0.2) is 49.1 Å². The first-order valence-corrected chi connectivity index (χ1v) is 13.7. The smallest absolute Gasteiger partial charge is 0.481 e. The van der Waals surface area contributed by atoms with Crippen molar-refractivity contribution in [2.24, 2.45) is 0 Å². The normalized spacial score (nSPS) is 11.9. The maximum Gasteiger partial charge on any atom is 0.510 e. The fourth-order valence-corrected chi connectivity index (χ4v) is 3.95. The maximum absolute atomic E-state index is 12.8. The van der Waals surface area contributed by atoms with Crippen LogP contribution in [-0.2, 0) is 22.7 Å². The molecule has 3 aromatic heterocycles. The van der Waals surface area contributed by atoms with Crippen LogP contribution in [0.5, 0.6) is 0 Å². The van der Waals surface area contributed by atoms with Gasteiger partial charge in [0.2, 0.25) is 0 Å².